The summed E-state index contributed by atoms with van der Waals surface area (Å²) in [4.78, 5) is 0. The SMILES string of the molecule is CC.CCC.CCNCCS(=O)(=O)O. The molecule has 0 saturated carbocycles. The molecule has 0 amide bonds. The van der Waals surface area contributed by atoms with Gasteiger partial charge in [-0.3, -0.25) is 4.55 Å². The topological polar surface area (TPSA) is 66.4 Å². The lowest BCUT2D eigenvalue weighted by Gasteiger charge is -1.96. The molecule has 0 heterocycles. The second-order valence-electron chi connectivity index (χ2n) is 2.35. The van der Waals surface area contributed by atoms with Crippen molar-refractivity contribution in [2.24, 2.45) is 0 Å². The van der Waals surface area contributed by atoms with Crippen molar-refractivity contribution in [1.82, 2.24) is 5.32 Å². The highest BCUT2D eigenvalue weighted by Gasteiger charge is 2.00. The summed E-state index contributed by atoms with van der Waals surface area (Å²) >= 11 is 0. The molecular weight excluding hydrogens is 202 g/mol. The number of hydrogen-bond donors (Lipinski definition) is 2. The summed E-state index contributed by atoms with van der Waals surface area (Å²) < 4.78 is 28.2. The zero-order valence-corrected chi connectivity index (χ0v) is 10.8. The van der Waals surface area contributed by atoms with Gasteiger partial charge >= 0.3 is 0 Å². The quantitative estimate of drug-likeness (QED) is 0.569. The molecule has 0 atom stereocenters. The second kappa shape index (κ2) is 15.3. The first kappa shape index (κ1) is 19.4. The number of rotatable bonds is 4. The van der Waals surface area contributed by atoms with E-state index in [1.54, 1.807) is 0 Å². The third-order valence-corrected chi connectivity index (χ3v) is 1.51. The van der Waals surface area contributed by atoms with Crippen LogP contribution in [0.3, 0.4) is 0 Å². The largest absolute Gasteiger partial charge is 0.316 e. The van der Waals surface area contributed by atoms with E-state index < -0.39 is 10.1 Å². The molecule has 0 aromatic heterocycles. The van der Waals surface area contributed by atoms with E-state index in [0.717, 1.165) is 6.54 Å². The van der Waals surface area contributed by atoms with Gasteiger partial charge in [-0.1, -0.05) is 41.0 Å². The lowest BCUT2D eigenvalue weighted by molar-refractivity contribution is 0.481. The van der Waals surface area contributed by atoms with Gasteiger partial charge in [0.2, 0.25) is 0 Å². The van der Waals surface area contributed by atoms with Crippen LogP contribution in [0.5, 0.6) is 0 Å². The van der Waals surface area contributed by atoms with Crippen LogP contribution in [0.2, 0.25) is 0 Å². The average molecular weight is 227 g/mol. The molecule has 4 nitrogen and oxygen atoms in total. The fraction of sp³-hybridized carbons (Fsp3) is 1.00. The van der Waals surface area contributed by atoms with E-state index in [4.69, 9.17) is 4.55 Å². The minimum absolute atomic E-state index is 0.208. The molecule has 0 unspecified atom stereocenters. The Balaban J connectivity index is -0.000000205. The van der Waals surface area contributed by atoms with Gasteiger partial charge in [0.15, 0.2) is 0 Å². The van der Waals surface area contributed by atoms with E-state index in [0.29, 0.717) is 6.54 Å². The number of hydrogen-bond acceptors (Lipinski definition) is 3. The van der Waals surface area contributed by atoms with E-state index in [1.165, 1.54) is 6.42 Å². The Morgan fingerprint density at radius 2 is 1.50 bits per heavy atom. The highest BCUT2D eigenvalue weighted by atomic mass is 32.2. The van der Waals surface area contributed by atoms with Crippen molar-refractivity contribution in [3.63, 3.8) is 0 Å². The van der Waals surface area contributed by atoms with Crippen LogP contribution in [-0.4, -0.2) is 31.8 Å². The molecule has 0 aromatic rings. The predicted molar refractivity (Wildman–Crippen MR) is 62.3 cm³/mol. The van der Waals surface area contributed by atoms with Crippen molar-refractivity contribution in [2.75, 3.05) is 18.8 Å². The Hall–Kier alpha value is -0.130. The summed E-state index contributed by atoms with van der Waals surface area (Å²) in [5.41, 5.74) is 0. The van der Waals surface area contributed by atoms with Crippen LogP contribution < -0.4 is 5.32 Å². The lowest BCUT2D eigenvalue weighted by atomic mass is 10.6. The van der Waals surface area contributed by atoms with Gasteiger partial charge in [0.05, 0.1) is 5.75 Å². The maximum atomic E-state index is 10.0. The molecule has 0 rings (SSSR count). The Kier molecular flexibility index (Phi) is 21.3. The maximum absolute atomic E-state index is 10.0. The van der Waals surface area contributed by atoms with Crippen molar-refractivity contribution < 1.29 is 13.0 Å². The van der Waals surface area contributed by atoms with E-state index in [1.807, 2.05) is 20.8 Å². The zero-order chi connectivity index (χ0) is 12.0. The van der Waals surface area contributed by atoms with Crippen molar-refractivity contribution in [3.8, 4) is 0 Å². The maximum Gasteiger partial charge on any atom is 0.266 e. The average Bonchev–Trinajstić information content (AvgIpc) is 2.08. The first-order valence-electron chi connectivity index (χ1n) is 5.13. The standard InChI is InChI=1S/C4H11NO3S.C3H8.C2H6/c1-2-5-3-4-9(6,7)8;1-3-2;1-2/h5H,2-4H2,1H3,(H,6,7,8);3H2,1-2H3;1-2H3. The molecular formula is C9H25NO3S. The Bertz CT molecular complexity index is 167. The third kappa shape index (κ3) is 40.7. The van der Waals surface area contributed by atoms with Crippen LogP contribution in [0.1, 0.15) is 41.0 Å². The van der Waals surface area contributed by atoms with Crippen LogP contribution >= 0.6 is 0 Å². The van der Waals surface area contributed by atoms with Crippen molar-refractivity contribution >= 4 is 10.1 Å². The molecule has 90 valence electrons. The summed E-state index contributed by atoms with van der Waals surface area (Å²) in [5, 5.41) is 2.77. The Labute approximate surface area is 88.8 Å². The van der Waals surface area contributed by atoms with E-state index in [9.17, 15) is 8.42 Å². The molecule has 0 aliphatic carbocycles. The van der Waals surface area contributed by atoms with Gasteiger partial charge in [0.25, 0.3) is 10.1 Å². The molecule has 0 fully saturated rings. The Morgan fingerprint density at radius 1 is 1.14 bits per heavy atom. The van der Waals surface area contributed by atoms with Gasteiger partial charge in [-0.25, -0.2) is 0 Å². The first-order chi connectivity index (χ1) is 6.47. The van der Waals surface area contributed by atoms with Gasteiger partial charge in [-0.15, -0.1) is 0 Å². The molecule has 0 aromatic carbocycles. The molecule has 0 radical (unpaired) electrons. The monoisotopic (exact) mass is 227 g/mol. The summed E-state index contributed by atoms with van der Waals surface area (Å²) in [7, 11) is -3.76. The molecule has 14 heavy (non-hydrogen) atoms. The van der Waals surface area contributed by atoms with E-state index in [-0.39, 0.29) is 5.75 Å². The molecule has 0 saturated heterocycles. The van der Waals surface area contributed by atoms with Crippen LogP contribution in [-0.2, 0) is 10.1 Å². The smallest absolute Gasteiger partial charge is 0.266 e. The summed E-state index contributed by atoms with van der Waals surface area (Å²) in [5.74, 6) is -0.208. The predicted octanol–water partition coefficient (Wildman–Crippen LogP) is 1.93. The van der Waals surface area contributed by atoms with E-state index in [2.05, 4.69) is 19.2 Å². The van der Waals surface area contributed by atoms with Gasteiger partial charge < -0.3 is 5.32 Å². The lowest BCUT2D eigenvalue weighted by Crippen LogP contribution is -2.21. The molecule has 0 aliphatic heterocycles. The molecule has 2 N–H and O–H groups in total. The fourth-order valence-corrected chi connectivity index (χ4v) is 0.780. The van der Waals surface area contributed by atoms with Gasteiger partial charge in [-0.05, 0) is 6.54 Å². The van der Waals surface area contributed by atoms with Crippen molar-refractivity contribution in [1.29, 1.82) is 0 Å². The summed E-state index contributed by atoms with van der Waals surface area (Å²) in [6.45, 7) is 11.1. The van der Waals surface area contributed by atoms with E-state index >= 15 is 0 Å². The van der Waals surface area contributed by atoms with Crippen molar-refractivity contribution in [3.05, 3.63) is 0 Å². The molecule has 5 heteroatoms. The van der Waals surface area contributed by atoms with Crippen LogP contribution in [0, 0.1) is 0 Å². The minimum atomic E-state index is -3.76. The zero-order valence-electron chi connectivity index (χ0n) is 10.0. The minimum Gasteiger partial charge on any atom is -0.316 e. The second-order valence-corrected chi connectivity index (χ2v) is 3.92. The highest BCUT2D eigenvalue weighted by Crippen LogP contribution is 1.77. The normalized spacial score (nSPS) is 9.29. The van der Waals surface area contributed by atoms with Crippen LogP contribution in [0.15, 0.2) is 0 Å². The van der Waals surface area contributed by atoms with Gasteiger partial charge in [-0.2, -0.15) is 8.42 Å². The van der Waals surface area contributed by atoms with Gasteiger partial charge in [0.1, 0.15) is 0 Å². The molecule has 0 spiro atoms. The molecule has 0 aliphatic rings. The summed E-state index contributed by atoms with van der Waals surface area (Å²) in [6.07, 6.45) is 1.25. The molecule has 0 bridgehead atoms. The summed E-state index contributed by atoms with van der Waals surface area (Å²) in [6, 6.07) is 0. The third-order valence-electron chi connectivity index (χ3n) is 0.787. The number of nitrogens with one attached hydrogen (secondary N) is 1. The highest BCUT2D eigenvalue weighted by molar-refractivity contribution is 7.85. The Morgan fingerprint density at radius 3 is 1.71 bits per heavy atom. The fourth-order valence-electron chi connectivity index (χ4n) is 0.378. The van der Waals surface area contributed by atoms with Crippen molar-refractivity contribution in [2.45, 2.75) is 41.0 Å². The first-order valence-corrected chi connectivity index (χ1v) is 6.74. The van der Waals surface area contributed by atoms with Crippen LogP contribution in [0.25, 0.3) is 0 Å². The van der Waals surface area contributed by atoms with Gasteiger partial charge in [0, 0.05) is 6.54 Å². The van der Waals surface area contributed by atoms with Crippen LogP contribution in [0.4, 0.5) is 0 Å².